The van der Waals surface area contributed by atoms with Gasteiger partial charge in [0.2, 0.25) is 0 Å². The van der Waals surface area contributed by atoms with E-state index in [1.165, 1.54) is 180 Å². The number of ether oxygens (including phenoxy) is 2. The number of unbranched alkanes of at least 4 members (excludes halogenated alkanes) is 30. The smallest absolute Gasteiger partial charge is 0.306 e. The van der Waals surface area contributed by atoms with Gasteiger partial charge in [-0.05, 0) is 44.9 Å². The fourth-order valence-electron chi connectivity index (χ4n) is 6.76. The first-order chi connectivity index (χ1) is 25.6. The minimum absolute atomic E-state index is 0.0625. The van der Waals surface area contributed by atoms with E-state index in [2.05, 4.69) is 38.2 Å². The molecule has 1 N–H and O–H groups in total. The molecule has 0 aromatic heterocycles. The summed E-state index contributed by atoms with van der Waals surface area (Å²) in [6, 6.07) is 0. The quantitative estimate of drug-likeness (QED) is 0.0384. The first-order valence-electron chi connectivity index (χ1n) is 22.9. The second-order valence-electron chi connectivity index (χ2n) is 15.5. The van der Waals surface area contributed by atoms with Gasteiger partial charge in [-0.1, -0.05) is 212 Å². The molecule has 0 unspecified atom stereocenters. The third-order valence-corrected chi connectivity index (χ3v) is 10.2. The Hall–Kier alpha value is -1.62. The van der Waals surface area contributed by atoms with Gasteiger partial charge in [-0.3, -0.25) is 9.59 Å². The summed E-state index contributed by atoms with van der Waals surface area (Å²) < 4.78 is 10.7. The van der Waals surface area contributed by atoms with Crippen molar-refractivity contribution in [3.63, 3.8) is 0 Å². The number of hydrogen-bond donors (Lipinski definition) is 1. The maximum Gasteiger partial charge on any atom is 0.306 e. The average molecular weight is 733 g/mol. The molecule has 0 aromatic rings. The molecular weight excluding hydrogens is 645 g/mol. The lowest BCUT2D eigenvalue weighted by Crippen LogP contribution is -2.28. The second kappa shape index (κ2) is 43.8. The van der Waals surface area contributed by atoms with E-state index in [1.54, 1.807) is 0 Å². The molecule has 0 aliphatic heterocycles. The van der Waals surface area contributed by atoms with Crippen molar-refractivity contribution < 1.29 is 24.2 Å². The molecule has 1 atom stereocenters. The molecule has 306 valence electrons. The predicted molar refractivity (Wildman–Crippen MR) is 224 cm³/mol. The zero-order chi connectivity index (χ0) is 37.8. The van der Waals surface area contributed by atoms with E-state index in [-0.39, 0.29) is 25.2 Å². The van der Waals surface area contributed by atoms with E-state index in [0.717, 1.165) is 38.5 Å². The van der Waals surface area contributed by atoms with Crippen LogP contribution in [-0.2, 0) is 19.1 Å². The van der Waals surface area contributed by atoms with Gasteiger partial charge in [0.15, 0.2) is 6.10 Å². The number of aliphatic hydroxyl groups is 1. The van der Waals surface area contributed by atoms with Crippen molar-refractivity contribution in [3.8, 4) is 0 Å². The van der Waals surface area contributed by atoms with Crippen LogP contribution in [-0.4, -0.2) is 36.4 Å². The van der Waals surface area contributed by atoms with Gasteiger partial charge in [-0.25, -0.2) is 0 Å². The molecule has 0 saturated heterocycles. The minimum atomic E-state index is -0.769. The van der Waals surface area contributed by atoms with Crippen LogP contribution in [0.3, 0.4) is 0 Å². The van der Waals surface area contributed by atoms with Crippen molar-refractivity contribution in [1.29, 1.82) is 0 Å². The molecule has 52 heavy (non-hydrogen) atoms. The lowest BCUT2D eigenvalue weighted by atomic mass is 10.0. The molecule has 0 aliphatic rings. The predicted octanol–water partition coefficient (Wildman–Crippen LogP) is 14.6. The Morgan fingerprint density at radius 3 is 1.17 bits per heavy atom. The Bertz CT molecular complexity index is 791. The number of aliphatic hydroxyl groups excluding tert-OH is 1. The van der Waals surface area contributed by atoms with Gasteiger partial charge in [0, 0.05) is 12.8 Å². The van der Waals surface area contributed by atoms with Crippen molar-refractivity contribution >= 4 is 11.9 Å². The maximum absolute atomic E-state index is 12.2. The Morgan fingerprint density at radius 1 is 0.442 bits per heavy atom. The van der Waals surface area contributed by atoms with Crippen LogP contribution in [0.15, 0.2) is 24.3 Å². The minimum Gasteiger partial charge on any atom is -0.462 e. The number of esters is 2. The molecule has 0 amide bonds. The van der Waals surface area contributed by atoms with Gasteiger partial charge in [-0.15, -0.1) is 0 Å². The summed E-state index contributed by atoms with van der Waals surface area (Å²) in [5.41, 5.74) is 0. The largest absolute Gasteiger partial charge is 0.462 e. The monoisotopic (exact) mass is 733 g/mol. The standard InChI is InChI=1S/C47H88O5/c1-3-5-7-9-11-13-15-17-19-21-23-25-27-29-31-33-35-37-39-41-46(49)51-44-45(43-48)52-47(50)42-40-38-36-34-32-30-28-26-24-22-20-18-16-14-12-10-8-6-4-2/h12,14,18,20,45,48H,3-11,13,15-17,19,21-44H2,1-2H3/b14-12-,20-18-/t45-/m0/s1. The molecule has 0 radical (unpaired) electrons. The fraction of sp³-hybridized carbons (Fsp3) is 0.872. The van der Waals surface area contributed by atoms with Crippen molar-refractivity contribution in [2.75, 3.05) is 13.2 Å². The summed E-state index contributed by atoms with van der Waals surface area (Å²) in [5.74, 6) is -0.583. The van der Waals surface area contributed by atoms with E-state index in [1.807, 2.05) is 0 Å². The van der Waals surface area contributed by atoms with E-state index in [4.69, 9.17) is 9.47 Å². The molecular formula is C47H88O5. The lowest BCUT2D eigenvalue weighted by Gasteiger charge is -2.15. The van der Waals surface area contributed by atoms with Gasteiger partial charge in [0.25, 0.3) is 0 Å². The highest BCUT2D eigenvalue weighted by Gasteiger charge is 2.16. The van der Waals surface area contributed by atoms with Crippen LogP contribution in [0.1, 0.15) is 245 Å². The topological polar surface area (TPSA) is 72.8 Å². The molecule has 0 fully saturated rings. The SMILES string of the molecule is CCCCC/C=C\C/C=C\CCCCCCCCCCCC(=O)O[C@@H](CO)COC(=O)CCCCCCCCCCCCCCCCCCCCC. The van der Waals surface area contributed by atoms with Crippen LogP contribution in [0.4, 0.5) is 0 Å². The molecule has 0 aromatic carbocycles. The maximum atomic E-state index is 12.2. The summed E-state index contributed by atoms with van der Waals surface area (Å²) in [4.78, 5) is 24.4. The van der Waals surface area contributed by atoms with Gasteiger partial charge in [-0.2, -0.15) is 0 Å². The summed E-state index contributed by atoms with van der Waals surface area (Å²) in [5, 5.41) is 9.59. The third kappa shape index (κ3) is 41.1. The third-order valence-electron chi connectivity index (χ3n) is 10.2. The van der Waals surface area contributed by atoms with E-state index in [0.29, 0.717) is 12.8 Å². The van der Waals surface area contributed by atoms with Crippen LogP contribution < -0.4 is 0 Å². The first-order valence-corrected chi connectivity index (χ1v) is 22.9. The van der Waals surface area contributed by atoms with Crippen molar-refractivity contribution in [2.45, 2.75) is 251 Å². The van der Waals surface area contributed by atoms with E-state index in [9.17, 15) is 14.7 Å². The number of carbonyl (C=O) groups excluding carboxylic acids is 2. The molecule has 0 heterocycles. The van der Waals surface area contributed by atoms with Crippen molar-refractivity contribution in [1.82, 2.24) is 0 Å². The van der Waals surface area contributed by atoms with E-state index < -0.39 is 6.10 Å². The van der Waals surface area contributed by atoms with Gasteiger partial charge in [0.05, 0.1) is 6.61 Å². The Balaban J connectivity index is 3.49. The summed E-state index contributed by atoms with van der Waals surface area (Å²) >= 11 is 0. The van der Waals surface area contributed by atoms with Crippen molar-refractivity contribution in [2.24, 2.45) is 0 Å². The van der Waals surface area contributed by atoms with Gasteiger partial charge < -0.3 is 14.6 Å². The van der Waals surface area contributed by atoms with E-state index >= 15 is 0 Å². The normalized spacial score (nSPS) is 12.3. The van der Waals surface area contributed by atoms with Crippen LogP contribution >= 0.6 is 0 Å². The molecule has 0 saturated carbocycles. The number of allylic oxidation sites excluding steroid dienone is 4. The number of hydrogen-bond acceptors (Lipinski definition) is 5. The van der Waals surface area contributed by atoms with Crippen LogP contribution in [0, 0.1) is 0 Å². The van der Waals surface area contributed by atoms with Crippen molar-refractivity contribution in [3.05, 3.63) is 24.3 Å². The van der Waals surface area contributed by atoms with Gasteiger partial charge in [0.1, 0.15) is 6.61 Å². The molecule has 0 rings (SSSR count). The van der Waals surface area contributed by atoms with Crippen LogP contribution in [0.25, 0.3) is 0 Å². The summed E-state index contributed by atoms with van der Waals surface area (Å²) in [6.45, 7) is 4.14. The highest BCUT2D eigenvalue weighted by atomic mass is 16.6. The average Bonchev–Trinajstić information content (AvgIpc) is 3.15. The Kier molecular flexibility index (Phi) is 42.4. The molecule has 0 spiro atoms. The Morgan fingerprint density at radius 2 is 0.769 bits per heavy atom. The molecule has 5 nitrogen and oxygen atoms in total. The second-order valence-corrected chi connectivity index (χ2v) is 15.5. The number of rotatable bonds is 42. The summed E-state index contributed by atoms with van der Waals surface area (Å²) in [7, 11) is 0. The summed E-state index contributed by atoms with van der Waals surface area (Å²) in [6.07, 6.45) is 52.5. The highest BCUT2D eigenvalue weighted by Crippen LogP contribution is 2.16. The van der Waals surface area contributed by atoms with Gasteiger partial charge >= 0.3 is 11.9 Å². The zero-order valence-electron chi connectivity index (χ0n) is 34.8. The highest BCUT2D eigenvalue weighted by molar-refractivity contribution is 5.70. The zero-order valence-corrected chi connectivity index (χ0v) is 34.8. The molecule has 0 bridgehead atoms. The first kappa shape index (κ1) is 50.4. The fourth-order valence-corrected chi connectivity index (χ4v) is 6.76. The van der Waals surface area contributed by atoms with Crippen LogP contribution in [0.2, 0.25) is 0 Å². The number of carbonyl (C=O) groups is 2. The molecule has 0 aliphatic carbocycles. The Labute approximate surface area is 323 Å². The molecule has 5 heteroatoms. The van der Waals surface area contributed by atoms with Crippen LogP contribution in [0.5, 0.6) is 0 Å². The lowest BCUT2D eigenvalue weighted by molar-refractivity contribution is -0.161.